The van der Waals surface area contributed by atoms with E-state index in [2.05, 4.69) is 25.2 Å². The molecule has 1 fully saturated rings. The van der Waals surface area contributed by atoms with Crippen LogP contribution in [0.25, 0.3) is 10.9 Å². The van der Waals surface area contributed by atoms with Gasteiger partial charge >= 0.3 is 0 Å². The topological polar surface area (TPSA) is 100 Å². The molecule has 0 aliphatic carbocycles. The molecular formula is C20H21N5O3. The number of H-pyrrole nitrogens is 1. The highest BCUT2D eigenvalue weighted by Crippen LogP contribution is 2.28. The number of ether oxygens (including phenoxy) is 1. The van der Waals surface area contributed by atoms with Crippen molar-refractivity contribution in [2.24, 2.45) is 5.92 Å². The average Bonchev–Trinajstić information content (AvgIpc) is 2.74. The summed E-state index contributed by atoms with van der Waals surface area (Å²) < 4.78 is 5.29. The van der Waals surface area contributed by atoms with E-state index in [1.54, 1.807) is 19.4 Å². The standard InChI is InChI=1S/C20H21N5O3/c1-28-16-5-3-2-4-15(16)24-19(26)13-7-10-25(11-8-13)18-17-14(6-9-21-18)20(27)23-12-22-17/h2-6,9,12-13H,7-8,10-11H2,1H3,(H,24,26)(H,22,23,27). The molecule has 2 N–H and O–H groups in total. The second-order valence-corrected chi connectivity index (χ2v) is 6.71. The summed E-state index contributed by atoms with van der Waals surface area (Å²) >= 11 is 0. The van der Waals surface area contributed by atoms with Crippen molar-refractivity contribution in [1.29, 1.82) is 0 Å². The van der Waals surface area contributed by atoms with Gasteiger partial charge in [-0.05, 0) is 31.0 Å². The average molecular weight is 379 g/mol. The molecule has 1 amide bonds. The summed E-state index contributed by atoms with van der Waals surface area (Å²) in [6.45, 7) is 1.34. The van der Waals surface area contributed by atoms with E-state index in [0.717, 1.165) is 0 Å². The summed E-state index contributed by atoms with van der Waals surface area (Å²) in [5.74, 6) is 1.23. The van der Waals surface area contributed by atoms with Gasteiger partial charge in [0.1, 0.15) is 11.3 Å². The van der Waals surface area contributed by atoms with Crippen molar-refractivity contribution in [3.8, 4) is 5.75 Å². The van der Waals surface area contributed by atoms with Gasteiger partial charge in [0.2, 0.25) is 5.91 Å². The van der Waals surface area contributed by atoms with Crippen molar-refractivity contribution in [2.75, 3.05) is 30.4 Å². The van der Waals surface area contributed by atoms with Crippen LogP contribution in [0, 0.1) is 5.92 Å². The van der Waals surface area contributed by atoms with Crippen LogP contribution < -0.4 is 20.5 Å². The quantitative estimate of drug-likeness (QED) is 0.721. The molecular weight excluding hydrogens is 358 g/mol. The van der Waals surface area contributed by atoms with E-state index in [-0.39, 0.29) is 17.4 Å². The molecule has 28 heavy (non-hydrogen) atoms. The fraction of sp³-hybridized carbons (Fsp3) is 0.300. The van der Waals surface area contributed by atoms with E-state index in [1.165, 1.54) is 6.33 Å². The Labute approximate surface area is 161 Å². The number of aromatic amines is 1. The molecule has 0 atom stereocenters. The van der Waals surface area contributed by atoms with Gasteiger partial charge in [-0.2, -0.15) is 0 Å². The van der Waals surface area contributed by atoms with Crippen LogP contribution in [0.2, 0.25) is 0 Å². The number of benzene rings is 1. The third-order valence-corrected chi connectivity index (χ3v) is 5.07. The summed E-state index contributed by atoms with van der Waals surface area (Å²) in [7, 11) is 1.58. The number of hydrogen-bond acceptors (Lipinski definition) is 6. The lowest BCUT2D eigenvalue weighted by atomic mass is 9.95. The third kappa shape index (κ3) is 3.40. The van der Waals surface area contributed by atoms with Crippen LogP contribution in [-0.4, -0.2) is 41.1 Å². The number of fused-ring (bicyclic) bond motifs is 1. The predicted octanol–water partition coefficient (Wildman–Crippen LogP) is 2.18. The SMILES string of the molecule is COc1ccccc1NC(=O)C1CCN(c2nccc3c(=O)[nH]cnc23)CC1. The summed E-state index contributed by atoms with van der Waals surface area (Å²) in [5, 5.41) is 3.48. The van der Waals surface area contributed by atoms with Gasteiger partial charge in [-0.3, -0.25) is 9.59 Å². The number of piperidine rings is 1. The van der Waals surface area contributed by atoms with Gasteiger partial charge < -0.3 is 19.9 Å². The Morgan fingerprint density at radius 3 is 2.79 bits per heavy atom. The number of rotatable bonds is 4. The van der Waals surface area contributed by atoms with Crippen molar-refractivity contribution in [2.45, 2.75) is 12.8 Å². The molecule has 2 aromatic heterocycles. The van der Waals surface area contributed by atoms with E-state index in [1.807, 2.05) is 24.3 Å². The fourth-order valence-electron chi connectivity index (χ4n) is 3.55. The number of carbonyl (C=O) groups is 1. The van der Waals surface area contributed by atoms with E-state index in [9.17, 15) is 9.59 Å². The molecule has 1 aliphatic heterocycles. The van der Waals surface area contributed by atoms with E-state index in [0.29, 0.717) is 54.1 Å². The number of carbonyl (C=O) groups excluding carboxylic acids is 1. The van der Waals surface area contributed by atoms with Crippen LogP contribution in [0.15, 0.2) is 47.7 Å². The Bertz CT molecular complexity index is 1060. The first kappa shape index (κ1) is 18.0. The monoisotopic (exact) mass is 379 g/mol. The normalized spacial score (nSPS) is 14.8. The minimum atomic E-state index is -0.181. The summed E-state index contributed by atoms with van der Waals surface area (Å²) in [4.78, 5) is 38.0. The second-order valence-electron chi connectivity index (χ2n) is 6.71. The largest absolute Gasteiger partial charge is 0.495 e. The first-order valence-corrected chi connectivity index (χ1v) is 9.18. The highest BCUT2D eigenvalue weighted by atomic mass is 16.5. The molecule has 3 heterocycles. The van der Waals surface area contributed by atoms with Crippen LogP contribution in [0.5, 0.6) is 5.75 Å². The molecule has 8 heteroatoms. The van der Waals surface area contributed by atoms with Crippen molar-refractivity contribution in [3.05, 3.63) is 53.2 Å². The number of aromatic nitrogens is 3. The van der Waals surface area contributed by atoms with Gasteiger partial charge in [0.15, 0.2) is 5.82 Å². The highest BCUT2D eigenvalue weighted by molar-refractivity contribution is 5.94. The van der Waals surface area contributed by atoms with Crippen LogP contribution in [0.1, 0.15) is 12.8 Å². The predicted molar refractivity (Wildman–Crippen MR) is 107 cm³/mol. The molecule has 0 radical (unpaired) electrons. The number of anilines is 2. The zero-order valence-electron chi connectivity index (χ0n) is 15.5. The molecule has 0 saturated carbocycles. The summed E-state index contributed by atoms with van der Waals surface area (Å²) in [6, 6.07) is 9.04. The molecule has 1 aromatic carbocycles. The fourth-order valence-corrected chi connectivity index (χ4v) is 3.55. The lowest BCUT2D eigenvalue weighted by molar-refractivity contribution is -0.120. The van der Waals surface area contributed by atoms with Crippen molar-refractivity contribution < 1.29 is 9.53 Å². The molecule has 0 bridgehead atoms. The molecule has 144 valence electrons. The minimum absolute atomic E-state index is 0.00963. The number of pyridine rings is 1. The molecule has 1 aliphatic rings. The summed E-state index contributed by atoms with van der Waals surface area (Å²) in [5.41, 5.74) is 1.08. The smallest absolute Gasteiger partial charge is 0.258 e. The number of methoxy groups -OCH3 is 1. The first-order valence-electron chi connectivity index (χ1n) is 9.18. The summed E-state index contributed by atoms with van der Waals surface area (Å²) in [6.07, 6.45) is 4.41. The van der Waals surface area contributed by atoms with Gasteiger partial charge in [-0.15, -0.1) is 0 Å². The maximum Gasteiger partial charge on any atom is 0.258 e. The van der Waals surface area contributed by atoms with Crippen LogP contribution in [-0.2, 0) is 4.79 Å². The van der Waals surface area contributed by atoms with Crippen LogP contribution in [0.4, 0.5) is 11.5 Å². The lowest BCUT2D eigenvalue weighted by Crippen LogP contribution is -2.38. The van der Waals surface area contributed by atoms with Crippen LogP contribution in [0.3, 0.4) is 0 Å². The number of hydrogen-bond donors (Lipinski definition) is 2. The molecule has 3 aromatic rings. The Hall–Kier alpha value is -3.42. The number of nitrogens with one attached hydrogen (secondary N) is 2. The van der Waals surface area contributed by atoms with Crippen molar-refractivity contribution in [3.63, 3.8) is 0 Å². The van der Waals surface area contributed by atoms with E-state index < -0.39 is 0 Å². The zero-order valence-corrected chi connectivity index (χ0v) is 15.5. The lowest BCUT2D eigenvalue weighted by Gasteiger charge is -2.32. The van der Waals surface area contributed by atoms with E-state index >= 15 is 0 Å². The molecule has 4 rings (SSSR count). The third-order valence-electron chi connectivity index (χ3n) is 5.07. The zero-order chi connectivity index (χ0) is 19.5. The second kappa shape index (κ2) is 7.67. The minimum Gasteiger partial charge on any atom is -0.495 e. The molecule has 8 nitrogen and oxygen atoms in total. The van der Waals surface area contributed by atoms with Gasteiger partial charge in [0, 0.05) is 25.2 Å². The Morgan fingerprint density at radius 2 is 2.00 bits per heavy atom. The van der Waals surface area contributed by atoms with Crippen LogP contribution >= 0.6 is 0 Å². The van der Waals surface area contributed by atoms with Gasteiger partial charge in [-0.25, -0.2) is 9.97 Å². The first-order chi connectivity index (χ1) is 13.7. The van der Waals surface area contributed by atoms with Gasteiger partial charge in [-0.1, -0.05) is 12.1 Å². The number of para-hydroxylation sites is 2. The Balaban J connectivity index is 1.46. The maximum atomic E-state index is 12.7. The van der Waals surface area contributed by atoms with Gasteiger partial charge in [0.05, 0.1) is 24.5 Å². The number of nitrogens with zero attached hydrogens (tertiary/aromatic N) is 3. The van der Waals surface area contributed by atoms with E-state index in [4.69, 9.17) is 4.74 Å². The Kier molecular flexibility index (Phi) is 4.92. The highest BCUT2D eigenvalue weighted by Gasteiger charge is 2.27. The van der Waals surface area contributed by atoms with Gasteiger partial charge in [0.25, 0.3) is 5.56 Å². The Morgan fingerprint density at radius 1 is 1.21 bits per heavy atom. The maximum absolute atomic E-state index is 12.7. The molecule has 0 spiro atoms. The van der Waals surface area contributed by atoms with Crippen molar-refractivity contribution in [1.82, 2.24) is 15.0 Å². The van der Waals surface area contributed by atoms with Crippen molar-refractivity contribution >= 4 is 28.3 Å². The molecule has 1 saturated heterocycles. The number of amides is 1. The molecule has 0 unspecified atom stereocenters.